The number of hydrogen-bond acceptors (Lipinski definition) is 4. The molecule has 126 valence electrons. The minimum Gasteiger partial charge on any atom is -0.489 e. The Hall–Kier alpha value is -1.85. The van der Waals surface area contributed by atoms with Crippen LogP contribution in [0.5, 0.6) is 5.75 Å². The van der Waals surface area contributed by atoms with Crippen LogP contribution >= 0.6 is 11.6 Å². The van der Waals surface area contributed by atoms with Crippen molar-refractivity contribution in [2.45, 2.75) is 38.8 Å². The molecule has 2 aliphatic rings. The molecule has 6 heteroatoms. The molecule has 5 nitrogen and oxygen atoms in total. The number of fused-ring (bicyclic) bond motifs is 2. The molecule has 24 heavy (non-hydrogen) atoms. The summed E-state index contributed by atoms with van der Waals surface area (Å²) in [5.74, 6) is 3.04. The minimum absolute atomic E-state index is 0.158. The molecule has 1 aromatic heterocycles. The fraction of sp³-hybridized carbons (Fsp3) is 0.444. The van der Waals surface area contributed by atoms with Crippen molar-refractivity contribution in [3.05, 3.63) is 46.0 Å². The summed E-state index contributed by atoms with van der Waals surface area (Å²) < 4.78 is 8.07. The van der Waals surface area contributed by atoms with Gasteiger partial charge in [0, 0.05) is 30.1 Å². The van der Waals surface area contributed by atoms with Gasteiger partial charge in [-0.05, 0) is 49.6 Å². The molecule has 0 amide bonds. The van der Waals surface area contributed by atoms with E-state index >= 15 is 0 Å². The highest BCUT2D eigenvalue weighted by molar-refractivity contribution is 6.30. The van der Waals surface area contributed by atoms with E-state index in [0.717, 1.165) is 47.5 Å². The van der Waals surface area contributed by atoms with Crippen molar-refractivity contribution in [2.24, 2.45) is 0 Å². The molecule has 0 unspecified atom stereocenters. The number of nitrogens with zero attached hydrogens (tertiary/aromatic N) is 3. The Kier molecular flexibility index (Phi) is 4.29. The van der Waals surface area contributed by atoms with Crippen LogP contribution in [-0.2, 0) is 13.0 Å². The van der Waals surface area contributed by atoms with E-state index in [1.165, 1.54) is 18.4 Å². The highest BCUT2D eigenvalue weighted by Gasteiger charge is 2.20. The number of hydrogen-bond donors (Lipinski definition) is 1. The number of ether oxygens (including phenoxy) is 1. The largest absolute Gasteiger partial charge is 0.489 e. The van der Waals surface area contributed by atoms with Gasteiger partial charge in [-0.1, -0.05) is 11.6 Å². The average Bonchev–Trinajstić information content (AvgIpc) is 3.03. The zero-order valence-corrected chi connectivity index (χ0v) is 14.5. The Balaban J connectivity index is 1.44. The molecule has 0 saturated heterocycles. The van der Waals surface area contributed by atoms with E-state index in [0.29, 0.717) is 6.61 Å². The van der Waals surface area contributed by atoms with Crippen LogP contribution in [0, 0.1) is 0 Å². The Bertz CT molecular complexity index is 783. The molecule has 0 fully saturated rings. The van der Waals surface area contributed by atoms with Gasteiger partial charge in [0.25, 0.3) is 0 Å². The quantitative estimate of drug-likeness (QED) is 0.923. The van der Waals surface area contributed by atoms with Gasteiger partial charge >= 0.3 is 0 Å². The van der Waals surface area contributed by atoms with Crippen molar-refractivity contribution in [1.29, 1.82) is 0 Å². The lowest BCUT2D eigenvalue weighted by Crippen LogP contribution is -2.27. The normalized spacial score (nSPS) is 17.5. The Morgan fingerprint density at radius 3 is 3.17 bits per heavy atom. The van der Waals surface area contributed by atoms with Gasteiger partial charge in [0.2, 0.25) is 0 Å². The highest BCUT2D eigenvalue weighted by Crippen LogP contribution is 2.29. The highest BCUT2D eigenvalue weighted by atomic mass is 35.5. The summed E-state index contributed by atoms with van der Waals surface area (Å²) in [6.07, 6.45) is 5.62. The van der Waals surface area contributed by atoms with Crippen molar-refractivity contribution in [2.75, 3.05) is 13.2 Å². The molecule has 2 aliphatic heterocycles. The van der Waals surface area contributed by atoms with Gasteiger partial charge in [0.1, 0.15) is 24.0 Å². The van der Waals surface area contributed by atoms with Gasteiger partial charge in [-0.25, -0.2) is 0 Å². The van der Waals surface area contributed by atoms with Crippen LogP contribution in [0.4, 0.5) is 0 Å². The van der Waals surface area contributed by atoms with Crippen molar-refractivity contribution < 1.29 is 4.74 Å². The fourth-order valence-corrected chi connectivity index (χ4v) is 3.50. The number of halogens is 1. The zero-order valence-electron chi connectivity index (χ0n) is 13.8. The van der Waals surface area contributed by atoms with Crippen LogP contribution in [-0.4, -0.2) is 27.9 Å². The molecule has 0 saturated carbocycles. The lowest BCUT2D eigenvalue weighted by atomic mass is 10.1. The molecule has 3 heterocycles. The maximum Gasteiger partial charge on any atom is 0.149 e. The third kappa shape index (κ3) is 3.06. The van der Waals surface area contributed by atoms with E-state index in [1.807, 2.05) is 18.2 Å². The Morgan fingerprint density at radius 2 is 2.25 bits per heavy atom. The smallest absolute Gasteiger partial charge is 0.149 e. The zero-order chi connectivity index (χ0) is 16.5. The molecule has 0 bridgehead atoms. The van der Waals surface area contributed by atoms with Crippen LogP contribution in [0.3, 0.4) is 0 Å². The molecule has 1 aromatic carbocycles. The molecule has 0 aliphatic carbocycles. The molecular formula is C18H21ClN4O. The number of aromatic nitrogens is 3. The Morgan fingerprint density at radius 1 is 1.33 bits per heavy atom. The van der Waals surface area contributed by atoms with E-state index in [2.05, 4.69) is 33.1 Å². The first-order chi connectivity index (χ1) is 11.7. The number of nitrogens with one attached hydrogen (secondary N) is 1. The summed E-state index contributed by atoms with van der Waals surface area (Å²) in [5.41, 5.74) is 2.24. The van der Waals surface area contributed by atoms with Gasteiger partial charge in [0.05, 0.1) is 6.04 Å². The van der Waals surface area contributed by atoms with Crippen molar-refractivity contribution in [3.63, 3.8) is 0 Å². The van der Waals surface area contributed by atoms with E-state index in [-0.39, 0.29) is 6.04 Å². The predicted molar refractivity (Wildman–Crippen MR) is 94.3 cm³/mol. The van der Waals surface area contributed by atoms with Crippen LogP contribution in [0.2, 0.25) is 5.02 Å². The van der Waals surface area contributed by atoms with Crippen LogP contribution in [0.15, 0.2) is 23.8 Å². The van der Waals surface area contributed by atoms with Crippen molar-refractivity contribution in [3.8, 4) is 5.75 Å². The van der Waals surface area contributed by atoms with Crippen LogP contribution < -0.4 is 10.1 Å². The SMILES string of the molecule is C[C@H](NCC1=Cc2cc(Cl)ccc2OC1)c1nnc2n1CCCC2. The molecule has 2 aromatic rings. The number of aryl methyl sites for hydroxylation is 1. The van der Waals surface area contributed by atoms with Crippen LogP contribution in [0.1, 0.15) is 43.0 Å². The third-order valence-electron chi connectivity index (χ3n) is 4.66. The minimum atomic E-state index is 0.158. The van der Waals surface area contributed by atoms with Crippen molar-refractivity contribution in [1.82, 2.24) is 20.1 Å². The standard InChI is InChI=1S/C18H21ClN4O/c1-12(18-22-21-17-4-2-3-7-23(17)18)20-10-13-8-14-9-15(19)5-6-16(14)24-11-13/h5-6,8-9,12,20H,2-4,7,10-11H2,1H3/t12-/m0/s1. The molecule has 1 N–H and O–H groups in total. The monoisotopic (exact) mass is 344 g/mol. The second-order valence-electron chi connectivity index (χ2n) is 6.46. The first kappa shape index (κ1) is 15.7. The summed E-state index contributed by atoms with van der Waals surface area (Å²) in [6, 6.07) is 5.87. The van der Waals surface area contributed by atoms with Gasteiger partial charge in [-0.3, -0.25) is 0 Å². The van der Waals surface area contributed by atoms with Crippen molar-refractivity contribution >= 4 is 17.7 Å². The topological polar surface area (TPSA) is 52.0 Å². The maximum absolute atomic E-state index is 6.07. The summed E-state index contributed by atoms with van der Waals surface area (Å²) in [5, 5.41) is 13.0. The number of benzene rings is 1. The Labute approximate surface area is 146 Å². The predicted octanol–water partition coefficient (Wildman–Crippen LogP) is 3.39. The van der Waals surface area contributed by atoms with E-state index in [9.17, 15) is 0 Å². The molecule has 0 radical (unpaired) electrons. The average molecular weight is 345 g/mol. The second-order valence-corrected chi connectivity index (χ2v) is 6.90. The van der Waals surface area contributed by atoms with E-state index in [1.54, 1.807) is 0 Å². The molecular weight excluding hydrogens is 324 g/mol. The van der Waals surface area contributed by atoms with E-state index in [4.69, 9.17) is 16.3 Å². The second kappa shape index (κ2) is 6.57. The van der Waals surface area contributed by atoms with E-state index < -0.39 is 0 Å². The lowest BCUT2D eigenvalue weighted by molar-refractivity contribution is 0.341. The lowest BCUT2D eigenvalue weighted by Gasteiger charge is -2.21. The molecule has 4 rings (SSSR count). The summed E-state index contributed by atoms with van der Waals surface area (Å²) in [4.78, 5) is 0. The van der Waals surface area contributed by atoms with Gasteiger partial charge in [-0.15, -0.1) is 10.2 Å². The molecule has 0 spiro atoms. The summed E-state index contributed by atoms with van der Waals surface area (Å²) >= 11 is 6.07. The first-order valence-electron chi connectivity index (χ1n) is 8.48. The first-order valence-corrected chi connectivity index (χ1v) is 8.85. The summed E-state index contributed by atoms with van der Waals surface area (Å²) in [7, 11) is 0. The summed E-state index contributed by atoms with van der Waals surface area (Å²) in [6.45, 7) is 4.53. The number of rotatable bonds is 4. The van der Waals surface area contributed by atoms with Gasteiger partial charge in [-0.2, -0.15) is 0 Å². The van der Waals surface area contributed by atoms with Crippen LogP contribution in [0.25, 0.3) is 6.08 Å². The fourth-order valence-electron chi connectivity index (χ4n) is 3.32. The third-order valence-corrected chi connectivity index (χ3v) is 4.89. The van der Waals surface area contributed by atoms with Gasteiger partial charge < -0.3 is 14.6 Å². The van der Waals surface area contributed by atoms with Gasteiger partial charge in [0.15, 0.2) is 0 Å². The molecule has 1 atom stereocenters. The maximum atomic E-state index is 6.07.